The molecular weight excluding hydrogens is 271 g/mol. The number of rotatable bonds is 3. The van der Waals surface area contributed by atoms with Crippen molar-refractivity contribution in [2.75, 3.05) is 30.7 Å². The predicted octanol–water partition coefficient (Wildman–Crippen LogP) is 2.32. The second-order valence-electron chi connectivity index (χ2n) is 4.83. The number of amides is 1. The Morgan fingerprint density at radius 3 is 2.50 bits per heavy atom. The van der Waals surface area contributed by atoms with E-state index < -0.39 is 11.7 Å². The van der Waals surface area contributed by atoms with Crippen molar-refractivity contribution in [2.45, 2.75) is 19.0 Å². The molecule has 0 saturated carbocycles. The maximum atomic E-state index is 12.5. The van der Waals surface area contributed by atoms with E-state index >= 15 is 0 Å². The van der Waals surface area contributed by atoms with Crippen LogP contribution in [-0.4, -0.2) is 30.4 Å². The molecule has 0 unspecified atom stereocenters. The van der Waals surface area contributed by atoms with Gasteiger partial charge in [-0.2, -0.15) is 13.2 Å². The Labute approximate surface area is 114 Å². The average Bonchev–Trinajstić information content (AvgIpc) is 2.83. The third-order valence-electron chi connectivity index (χ3n) is 3.22. The van der Waals surface area contributed by atoms with Crippen LogP contribution in [0.25, 0.3) is 0 Å². The number of nitrogens with one attached hydrogen (secondary N) is 1. The maximum absolute atomic E-state index is 12.5. The summed E-state index contributed by atoms with van der Waals surface area (Å²) in [6, 6.07) is 2.91. The largest absolute Gasteiger partial charge is 0.416 e. The third kappa shape index (κ3) is 3.63. The quantitative estimate of drug-likeness (QED) is 0.839. The molecule has 1 aromatic rings. The van der Waals surface area contributed by atoms with Crippen molar-refractivity contribution >= 4 is 17.3 Å². The van der Waals surface area contributed by atoms with Crippen LogP contribution in [0, 0.1) is 0 Å². The van der Waals surface area contributed by atoms with Crippen LogP contribution in [0.1, 0.15) is 18.4 Å². The van der Waals surface area contributed by atoms with Crippen LogP contribution in [0.15, 0.2) is 18.2 Å². The fourth-order valence-electron chi connectivity index (χ4n) is 2.19. The molecule has 1 aliphatic heterocycles. The highest BCUT2D eigenvalue weighted by molar-refractivity contribution is 5.95. The Bertz CT molecular complexity index is 496. The highest BCUT2D eigenvalue weighted by atomic mass is 19.4. The molecule has 110 valence electrons. The summed E-state index contributed by atoms with van der Waals surface area (Å²) in [7, 11) is 0. The van der Waals surface area contributed by atoms with E-state index in [9.17, 15) is 18.0 Å². The van der Waals surface area contributed by atoms with Crippen molar-refractivity contribution in [1.82, 2.24) is 4.90 Å². The van der Waals surface area contributed by atoms with Crippen molar-refractivity contribution < 1.29 is 18.0 Å². The van der Waals surface area contributed by atoms with E-state index in [1.165, 1.54) is 6.07 Å². The fourth-order valence-corrected chi connectivity index (χ4v) is 2.19. The van der Waals surface area contributed by atoms with E-state index in [0.717, 1.165) is 38.1 Å². The molecule has 1 amide bonds. The first kappa shape index (κ1) is 14.6. The van der Waals surface area contributed by atoms with Crippen molar-refractivity contribution in [3.63, 3.8) is 0 Å². The molecule has 0 aliphatic carbocycles. The topological polar surface area (TPSA) is 58.4 Å². The molecule has 1 aliphatic rings. The Morgan fingerprint density at radius 1 is 1.30 bits per heavy atom. The first-order valence-electron chi connectivity index (χ1n) is 6.35. The van der Waals surface area contributed by atoms with Gasteiger partial charge in [-0.3, -0.25) is 9.69 Å². The smallest absolute Gasteiger partial charge is 0.397 e. The molecule has 0 spiro atoms. The zero-order chi connectivity index (χ0) is 14.8. The number of benzene rings is 1. The van der Waals surface area contributed by atoms with Gasteiger partial charge >= 0.3 is 6.18 Å². The first-order valence-corrected chi connectivity index (χ1v) is 6.35. The van der Waals surface area contributed by atoms with Crippen LogP contribution in [0.3, 0.4) is 0 Å². The fraction of sp³-hybridized carbons (Fsp3) is 0.462. The van der Waals surface area contributed by atoms with Gasteiger partial charge in [-0.05, 0) is 44.1 Å². The van der Waals surface area contributed by atoms with E-state index in [1.54, 1.807) is 0 Å². The normalized spacial score (nSPS) is 16.4. The predicted molar refractivity (Wildman–Crippen MR) is 70.2 cm³/mol. The maximum Gasteiger partial charge on any atom is 0.416 e. The van der Waals surface area contributed by atoms with Gasteiger partial charge in [-0.25, -0.2) is 0 Å². The lowest BCUT2D eigenvalue weighted by Gasteiger charge is -2.15. The Morgan fingerprint density at radius 2 is 1.95 bits per heavy atom. The van der Waals surface area contributed by atoms with Crippen molar-refractivity contribution in [3.05, 3.63) is 23.8 Å². The molecule has 1 aromatic carbocycles. The van der Waals surface area contributed by atoms with Gasteiger partial charge in [0.2, 0.25) is 5.91 Å². The summed E-state index contributed by atoms with van der Waals surface area (Å²) >= 11 is 0. The minimum absolute atomic E-state index is 0.0883. The number of nitrogens with zero attached hydrogens (tertiary/aromatic N) is 1. The monoisotopic (exact) mass is 287 g/mol. The molecule has 1 saturated heterocycles. The molecule has 20 heavy (non-hydrogen) atoms. The number of halogens is 3. The summed E-state index contributed by atoms with van der Waals surface area (Å²) in [6.07, 6.45) is -2.31. The Hall–Kier alpha value is -1.76. The minimum atomic E-state index is -4.44. The van der Waals surface area contributed by atoms with Crippen LogP contribution < -0.4 is 11.1 Å². The number of nitrogen functional groups attached to an aromatic ring is 1. The van der Waals surface area contributed by atoms with Gasteiger partial charge in [0.15, 0.2) is 0 Å². The van der Waals surface area contributed by atoms with Crippen molar-refractivity contribution in [3.8, 4) is 0 Å². The van der Waals surface area contributed by atoms with Gasteiger partial charge in [0, 0.05) is 0 Å². The van der Waals surface area contributed by atoms with Gasteiger partial charge in [-0.15, -0.1) is 0 Å². The molecule has 2 rings (SSSR count). The van der Waals surface area contributed by atoms with E-state index in [-0.39, 0.29) is 23.8 Å². The number of carbonyl (C=O) groups is 1. The molecule has 7 heteroatoms. The van der Waals surface area contributed by atoms with Gasteiger partial charge in [0.1, 0.15) is 0 Å². The summed E-state index contributed by atoms with van der Waals surface area (Å²) in [5.41, 5.74) is 4.84. The lowest BCUT2D eigenvalue weighted by molar-refractivity contribution is -0.137. The lowest BCUT2D eigenvalue weighted by atomic mass is 10.1. The number of carbonyl (C=O) groups excluding carboxylic acids is 1. The summed E-state index contributed by atoms with van der Waals surface area (Å²) in [5.74, 6) is -0.265. The molecule has 4 nitrogen and oxygen atoms in total. The van der Waals surface area contributed by atoms with Crippen molar-refractivity contribution in [1.29, 1.82) is 0 Å². The molecule has 0 aromatic heterocycles. The summed E-state index contributed by atoms with van der Waals surface area (Å²) in [4.78, 5) is 13.8. The molecule has 1 fully saturated rings. The van der Waals surface area contributed by atoms with E-state index in [1.807, 2.05) is 4.90 Å². The number of nitrogens with two attached hydrogens (primary N) is 1. The lowest BCUT2D eigenvalue weighted by Crippen LogP contribution is -2.31. The second-order valence-corrected chi connectivity index (χ2v) is 4.83. The third-order valence-corrected chi connectivity index (χ3v) is 3.22. The van der Waals surface area contributed by atoms with Crippen LogP contribution in [0.4, 0.5) is 24.5 Å². The van der Waals surface area contributed by atoms with Gasteiger partial charge in [0.25, 0.3) is 0 Å². The summed E-state index contributed by atoms with van der Waals surface area (Å²) in [5, 5.41) is 2.54. The van der Waals surface area contributed by atoms with Crippen molar-refractivity contribution in [2.24, 2.45) is 0 Å². The van der Waals surface area contributed by atoms with Gasteiger partial charge in [0.05, 0.1) is 23.5 Å². The summed E-state index contributed by atoms with van der Waals surface area (Å²) in [6.45, 7) is 1.98. The molecule has 3 N–H and O–H groups in total. The highest BCUT2D eigenvalue weighted by Gasteiger charge is 2.30. The van der Waals surface area contributed by atoms with Gasteiger partial charge < -0.3 is 11.1 Å². The second kappa shape index (κ2) is 5.70. The van der Waals surface area contributed by atoms with Gasteiger partial charge in [-0.1, -0.05) is 0 Å². The zero-order valence-corrected chi connectivity index (χ0v) is 10.8. The highest BCUT2D eigenvalue weighted by Crippen LogP contribution is 2.32. The van der Waals surface area contributed by atoms with E-state index in [0.29, 0.717) is 0 Å². The first-order chi connectivity index (χ1) is 9.36. The minimum Gasteiger partial charge on any atom is -0.397 e. The molecular formula is C13H16F3N3O. The molecule has 0 atom stereocenters. The molecule has 1 heterocycles. The van der Waals surface area contributed by atoms with Crippen LogP contribution in [-0.2, 0) is 11.0 Å². The molecule has 0 radical (unpaired) electrons. The number of alkyl halides is 3. The number of hydrogen-bond donors (Lipinski definition) is 2. The standard InChI is InChI=1S/C13H16F3N3O/c14-13(15,16)9-3-4-11(10(17)7-9)18-12(20)8-19-5-1-2-6-19/h3-4,7H,1-2,5-6,8,17H2,(H,18,20). The number of anilines is 2. The Balaban J connectivity index is 2.00. The molecule has 0 bridgehead atoms. The number of hydrogen-bond acceptors (Lipinski definition) is 3. The average molecular weight is 287 g/mol. The number of likely N-dealkylation sites (tertiary alicyclic amines) is 1. The van der Waals surface area contributed by atoms with E-state index in [2.05, 4.69) is 5.32 Å². The SMILES string of the molecule is Nc1cc(C(F)(F)F)ccc1NC(=O)CN1CCCC1. The zero-order valence-electron chi connectivity index (χ0n) is 10.8. The Kier molecular flexibility index (Phi) is 4.17. The van der Waals surface area contributed by atoms with Crippen LogP contribution >= 0.6 is 0 Å². The van der Waals surface area contributed by atoms with E-state index in [4.69, 9.17) is 5.73 Å². The summed E-state index contributed by atoms with van der Waals surface area (Å²) < 4.78 is 37.4. The van der Waals surface area contributed by atoms with Crippen LogP contribution in [0.2, 0.25) is 0 Å². The van der Waals surface area contributed by atoms with Crippen LogP contribution in [0.5, 0.6) is 0 Å².